The van der Waals surface area contributed by atoms with Gasteiger partial charge in [0.15, 0.2) is 0 Å². The van der Waals surface area contributed by atoms with Gasteiger partial charge in [-0.1, -0.05) is 0 Å². The molecule has 1 aliphatic heterocycles. The lowest BCUT2D eigenvalue weighted by atomic mass is 10.1. The quantitative estimate of drug-likeness (QED) is 0.923. The van der Waals surface area contributed by atoms with Crippen molar-refractivity contribution in [1.82, 2.24) is 15.1 Å². The Kier molecular flexibility index (Phi) is 3.29. The van der Waals surface area contributed by atoms with E-state index in [2.05, 4.69) is 15.1 Å². The Morgan fingerprint density at radius 2 is 2.21 bits per heavy atom. The predicted octanol–water partition coefficient (Wildman–Crippen LogP) is 3.03. The number of nitrogens with zero attached hydrogens (tertiary/aromatic N) is 2. The lowest BCUT2D eigenvalue weighted by molar-refractivity contribution is 0.240. The minimum atomic E-state index is -0.395. The van der Waals surface area contributed by atoms with Gasteiger partial charge in [0, 0.05) is 18.3 Å². The molecule has 2 heterocycles. The molecule has 0 amide bonds. The Morgan fingerprint density at radius 3 is 3.00 bits per heavy atom. The molecule has 1 N–H and O–H groups in total. The first-order chi connectivity index (χ1) is 9.24. The highest BCUT2D eigenvalue weighted by Gasteiger charge is 2.27. The van der Waals surface area contributed by atoms with Crippen LogP contribution >= 0.6 is 0 Å². The minimum absolute atomic E-state index is 0.213. The zero-order chi connectivity index (χ0) is 13.2. The number of aromatic amines is 1. The molecule has 2 aromatic rings. The lowest BCUT2D eigenvalue weighted by Crippen LogP contribution is -2.23. The number of hydrogen-bond donors (Lipinski definition) is 1. The molecular formula is C14H15F2N3. The maximum absolute atomic E-state index is 13.7. The Labute approximate surface area is 110 Å². The summed E-state index contributed by atoms with van der Waals surface area (Å²) in [4.78, 5) is 2.16. The molecule has 0 bridgehead atoms. The van der Waals surface area contributed by atoms with Crippen molar-refractivity contribution in [2.75, 3.05) is 6.54 Å². The van der Waals surface area contributed by atoms with Crippen molar-refractivity contribution >= 4 is 0 Å². The zero-order valence-electron chi connectivity index (χ0n) is 10.4. The van der Waals surface area contributed by atoms with Gasteiger partial charge in [-0.25, -0.2) is 8.78 Å². The van der Waals surface area contributed by atoms with Gasteiger partial charge < -0.3 is 0 Å². The molecule has 5 heteroatoms. The normalized spacial score (nSPS) is 20.0. The minimum Gasteiger partial charge on any atom is -0.290 e. The van der Waals surface area contributed by atoms with Crippen LogP contribution in [0.1, 0.15) is 30.1 Å². The molecule has 1 aromatic heterocycles. The molecule has 19 heavy (non-hydrogen) atoms. The molecule has 0 saturated carbocycles. The van der Waals surface area contributed by atoms with E-state index in [1.54, 1.807) is 6.20 Å². The monoisotopic (exact) mass is 263 g/mol. The fourth-order valence-electron chi connectivity index (χ4n) is 2.70. The van der Waals surface area contributed by atoms with Crippen LogP contribution in [0.15, 0.2) is 30.5 Å². The van der Waals surface area contributed by atoms with Crippen LogP contribution in [-0.4, -0.2) is 21.6 Å². The maximum Gasteiger partial charge on any atom is 0.127 e. The van der Waals surface area contributed by atoms with E-state index >= 15 is 0 Å². The summed E-state index contributed by atoms with van der Waals surface area (Å²) < 4.78 is 26.9. The van der Waals surface area contributed by atoms with Gasteiger partial charge in [-0.3, -0.25) is 10.00 Å². The first-order valence-electron chi connectivity index (χ1n) is 6.41. The molecule has 3 nitrogen and oxygen atoms in total. The number of halogens is 2. The zero-order valence-corrected chi connectivity index (χ0v) is 10.4. The van der Waals surface area contributed by atoms with Gasteiger partial charge in [-0.2, -0.15) is 5.10 Å². The second kappa shape index (κ2) is 5.09. The molecule has 100 valence electrons. The number of aromatic nitrogens is 2. The first kappa shape index (κ1) is 12.3. The van der Waals surface area contributed by atoms with Crippen molar-refractivity contribution in [2.45, 2.75) is 25.4 Å². The molecule has 1 atom stereocenters. The highest BCUT2D eigenvalue weighted by molar-refractivity contribution is 5.19. The van der Waals surface area contributed by atoms with E-state index in [0.29, 0.717) is 12.1 Å². The fourth-order valence-corrected chi connectivity index (χ4v) is 2.70. The number of hydrogen-bond acceptors (Lipinski definition) is 2. The van der Waals surface area contributed by atoms with Crippen molar-refractivity contribution in [3.8, 4) is 0 Å². The van der Waals surface area contributed by atoms with Crippen molar-refractivity contribution < 1.29 is 8.78 Å². The van der Waals surface area contributed by atoms with Crippen LogP contribution in [0.2, 0.25) is 0 Å². The van der Waals surface area contributed by atoms with Crippen LogP contribution in [-0.2, 0) is 6.54 Å². The number of H-pyrrole nitrogens is 1. The maximum atomic E-state index is 13.7. The van der Waals surface area contributed by atoms with Gasteiger partial charge in [-0.05, 0) is 43.7 Å². The molecule has 0 unspecified atom stereocenters. The Bertz CT molecular complexity index is 554. The summed E-state index contributed by atoms with van der Waals surface area (Å²) in [7, 11) is 0. The molecule has 1 saturated heterocycles. The van der Waals surface area contributed by atoms with Crippen molar-refractivity contribution in [3.05, 3.63) is 53.4 Å². The summed E-state index contributed by atoms with van der Waals surface area (Å²) in [5.74, 6) is -0.745. The van der Waals surface area contributed by atoms with Crippen LogP contribution in [0.3, 0.4) is 0 Å². The average Bonchev–Trinajstić information content (AvgIpc) is 3.03. The fraction of sp³-hybridized carbons (Fsp3) is 0.357. The summed E-state index contributed by atoms with van der Waals surface area (Å²) in [6.07, 6.45) is 3.79. The Balaban J connectivity index is 1.80. The molecule has 0 radical (unpaired) electrons. The molecule has 1 fully saturated rings. The van der Waals surface area contributed by atoms with Crippen LogP contribution in [0.25, 0.3) is 0 Å². The third-order valence-electron chi connectivity index (χ3n) is 3.63. The van der Waals surface area contributed by atoms with Crippen molar-refractivity contribution in [2.24, 2.45) is 0 Å². The molecule has 1 aliphatic rings. The van der Waals surface area contributed by atoms with Gasteiger partial charge in [0.1, 0.15) is 11.6 Å². The van der Waals surface area contributed by atoms with Crippen LogP contribution in [0.4, 0.5) is 8.78 Å². The molecule has 1 aromatic carbocycles. The Morgan fingerprint density at radius 1 is 1.32 bits per heavy atom. The third-order valence-corrected chi connectivity index (χ3v) is 3.63. The molecule has 0 spiro atoms. The third kappa shape index (κ3) is 2.51. The number of benzene rings is 1. The molecule has 0 aliphatic carbocycles. The molecular weight excluding hydrogens is 248 g/mol. The van der Waals surface area contributed by atoms with E-state index in [1.165, 1.54) is 12.1 Å². The smallest absolute Gasteiger partial charge is 0.127 e. The van der Waals surface area contributed by atoms with E-state index < -0.39 is 5.82 Å². The summed E-state index contributed by atoms with van der Waals surface area (Å²) in [5, 5.41) is 6.92. The van der Waals surface area contributed by atoms with Gasteiger partial charge in [0.2, 0.25) is 0 Å². The van der Waals surface area contributed by atoms with Crippen LogP contribution < -0.4 is 0 Å². The van der Waals surface area contributed by atoms with Crippen molar-refractivity contribution in [1.29, 1.82) is 0 Å². The van der Waals surface area contributed by atoms with Gasteiger partial charge in [-0.15, -0.1) is 0 Å². The van der Waals surface area contributed by atoms with Gasteiger partial charge in [0.05, 0.1) is 11.7 Å². The summed E-state index contributed by atoms with van der Waals surface area (Å²) >= 11 is 0. The standard InChI is InChI=1S/C14H15F2N3/c15-11-3-4-12(16)10(8-11)9-19-7-1-2-14(19)13-5-6-17-18-13/h3-6,8,14H,1-2,7,9H2,(H,17,18)/t14-/m0/s1. The van der Waals surface area contributed by atoms with E-state index in [-0.39, 0.29) is 11.9 Å². The number of rotatable bonds is 3. The number of likely N-dealkylation sites (tertiary alicyclic amines) is 1. The van der Waals surface area contributed by atoms with Crippen LogP contribution in [0.5, 0.6) is 0 Å². The SMILES string of the molecule is Fc1ccc(F)c(CN2CCC[C@H]2c2ccn[nH]2)c1. The predicted molar refractivity (Wildman–Crippen MR) is 67.3 cm³/mol. The van der Waals surface area contributed by atoms with Gasteiger partial charge in [0.25, 0.3) is 0 Å². The summed E-state index contributed by atoms with van der Waals surface area (Å²) in [6, 6.07) is 5.76. The van der Waals surface area contributed by atoms with E-state index in [0.717, 1.165) is 31.1 Å². The number of nitrogens with one attached hydrogen (secondary N) is 1. The van der Waals surface area contributed by atoms with E-state index in [4.69, 9.17) is 0 Å². The van der Waals surface area contributed by atoms with Gasteiger partial charge >= 0.3 is 0 Å². The van der Waals surface area contributed by atoms with Crippen molar-refractivity contribution in [3.63, 3.8) is 0 Å². The summed E-state index contributed by atoms with van der Waals surface area (Å²) in [6.45, 7) is 1.31. The topological polar surface area (TPSA) is 31.9 Å². The van der Waals surface area contributed by atoms with E-state index in [1.807, 2.05) is 6.07 Å². The second-order valence-corrected chi connectivity index (χ2v) is 4.88. The summed E-state index contributed by atoms with van der Waals surface area (Å²) in [5.41, 5.74) is 1.45. The van der Waals surface area contributed by atoms with E-state index in [9.17, 15) is 8.78 Å². The Hall–Kier alpha value is -1.75. The highest BCUT2D eigenvalue weighted by Crippen LogP contribution is 2.32. The second-order valence-electron chi connectivity index (χ2n) is 4.88. The first-order valence-corrected chi connectivity index (χ1v) is 6.41. The van der Waals surface area contributed by atoms with Crippen LogP contribution in [0, 0.1) is 11.6 Å². The molecule has 3 rings (SSSR count). The average molecular weight is 263 g/mol. The lowest BCUT2D eigenvalue weighted by Gasteiger charge is -2.23. The largest absolute Gasteiger partial charge is 0.290 e. The highest BCUT2D eigenvalue weighted by atomic mass is 19.1.